The lowest BCUT2D eigenvalue weighted by Gasteiger charge is -2.47. The molecule has 2 N–H and O–H groups in total. The molecule has 4 aliphatic rings. The van der Waals surface area contributed by atoms with E-state index in [1.165, 1.54) is 32.2 Å². The highest BCUT2D eigenvalue weighted by molar-refractivity contribution is 5.15. The van der Waals surface area contributed by atoms with Crippen LogP contribution in [0.1, 0.15) is 32.1 Å². The molecule has 2 bridgehead atoms. The Morgan fingerprint density at radius 1 is 1.33 bits per heavy atom. The van der Waals surface area contributed by atoms with E-state index in [0.29, 0.717) is 6.17 Å². The Hall–Kier alpha value is -0.0800. The van der Waals surface area contributed by atoms with Gasteiger partial charge in [-0.15, -0.1) is 0 Å². The summed E-state index contributed by atoms with van der Waals surface area (Å²) in [4.78, 5) is 2.40. The molecule has 0 radical (unpaired) electrons. The van der Waals surface area contributed by atoms with Crippen molar-refractivity contribution in [2.24, 2.45) is 34.8 Å². The molecule has 15 heavy (non-hydrogen) atoms. The van der Waals surface area contributed by atoms with Crippen molar-refractivity contribution < 1.29 is 0 Å². The summed E-state index contributed by atoms with van der Waals surface area (Å²) >= 11 is 0. The molecule has 4 rings (SSSR count). The van der Waals surface area contributed by atoms with Gasteiger partial charge in [-0.3, -0.25) is 4.90 Å². The highest BCUT2D eigenvalue weighted by atomic mass is 15.2. The summed E-state index contributed by atoms with van der Waals surface area (Å²) in [5, 5.41) is 0. The Labute approximate surface area is 92.2 Å². The number of likely N-dealkylation sites (tertiary alicyclic amines) is 1. The van der Waals surface area contributed by atoms with Gasteiger partial charge in [-0.05, 0) is 74.8 Å². The number of rotatable bonds is 0. The number of nitrogens with zero attached hydrogens (tertiary/aromatic N) is 1. The molecule has 1 spiro atoms. The average Bonchev–Trinajstić information content (AvgIpc) is 2.74. The third-order valence-electron chi connectivity index (χ3n) is 6.19. The van der Waals surface area contributed by atoms with Crippen LogP contribution in [0.25, 0.3) is 0 Å². The van der Waals surface area contributed by atoms with Gasteiger partial charge in [0.25, 0.3) is 0 Å². The van der Waals surface area contributed by atoms with Gasteiger partial charge in [0, 0.05) is 0 Å². The Kier molecular flexibility index (Phi) is 1.56. The van der Waals surface area contributed by atoms with E-state index in [2.05, 4.69) is 11.9 Å². The van der Waals surface area contributed by atoms with Crippen molar-refractivity contribution in [3.05, 3.63) is 0 Å². The van der Waals surface area contributed by atoms with Crippen LogP contribution in [0.15, 0.2) is 0 Å². The van der Waals surface area contributed by atoms with Gasteiger partial charge in [-0.2, -0.15) is 0 Å². The molecule has 1 saturated heterocycles. The third-order valence-corrected chi connectivity index (χ3v) is 6.19. The lowest BCUT2D eigenvalue weighted by Crippen LogP contribution is -2.55. The Bertz CT molecular complexity index is 297. The van der Waals surface area contributed by atoms with Crippen molar-refractivity contribution >= 4 is 0 Å². The van der Waals surface area contributed by atoms with E-state index in [-0.39, 0.29) is 0 Å². The van der Waals surface area contributed by atoms with Crippen LogP contribution in [0.2, 0.25) is 0 Å². The zero-order chi connectivity index (χ0) is 10.2. The van der Waals surface area contributed by atoms with E-state index >= 15 is 0 Å². The predicted octanol–water partition coefficient (Wildman–Crippen LogP) is 1.66. The van der Waals surface area contributed by atoms with Gasteiger partial charge in [0.15, 0.2) is 0 Å². The van der Waals surface area contributed by atoms with Crippen molar-refractivity contribution in [1.29, 1.82) is 0 Å². The van der Waals surface area contributed by atoms with Crippen molar-refractivity contribution in [2.45, 2.75) is 38.3 Å². The maximum Gasteiger partial charge on any atom is 0.0603 e. The summed E-state index contributed by atoms with van der Waals surface area (Å²) in [6, 6.07) is 0. The second-order valence-corrected chi connectivity index (χ2v) is 6.67. The third kappa shape index (κ3) is 0.980. The van der Waals surface area contributed by atoms with Gasteiger partial charge in [-0.1, -0.05) is 0 Å². The molecule has 0 amide bonds. The molecular formula is C13H22N2. The van der Waals surface area contributed by atoms with Crippen LogP contribution in [0, 0.1) is 29.1 Å². The first-order valence-electron chi connectivity index (χ1n) is 6.67. The van der Waals surface area contributed by atoms with E-state index < -0.39 is 0 Å². The zero-order valence-electron chi connectivity index (χ0n) is 9.65. The first kappa shape index (κ1) is 9.00. The second kappa shape index (κ2) is 2.60. The summed E-state index contributed by atoms with van der Waals surface area (Å²) in [7, 11) is 2.21. The van der Waals surface area contributed by atoms with E-state index in [1.54, 1.807) is 6.42 Å². The molecule has 2 nitrogen and oxygen atoms in total. The molecule has 5 atom stereocenters. The topological polar surface area (TPSA) is 29.3 Å². The van der Waals surface area contributed by atoms with Gasteiger partial charge >= 0.3 is 0 Å². The minimum absolute atomic E-state index is 0.372. The number of piperidine rings is 1. The minimum Gasteiger partial charge on any atom is -0.315 e. The molecule has 0 aromatic carbocycles. The van der Waals surface area contributed by atoms with Crippen molar-refractivity contribution in [3.8, 4) is 0 Å². The van der Waals surface area contributed by atoms with Crippen molar-refractivity contribution in [2.75, 3.05) is 13.6 Å². The Balaban J connectivity index is 1.68. The fraction of sp³-hybridized carbons (Fsp3) is 1.00. The van der Waals surface area contributed by atoms with E-state index in [1.807, 2.05) is 0 Å². The van der Waals surface area contributed by atoms with Crippen LogP contribution in [-0.4, -0.2) is 24.7 Å². The average molecular weight is 206 g/mol. The predicted molar refractivity (Wildman–Crippen MR) is 60.1 cm³/mol. The molecular weight excluding hydrogens is 184 g/mol. The lowest BCUT2D eigenvalue weighted by atomic mass is 9.68. The van der Waals surface area contributed by atoms with Crippen LogP contribution in [0.3, 0.4) is 0 Å². The zero-order valence-corrected chi connectivity index (χ0v) is 9.65. The van der Waals surface area contributed by atoms with E-state index in [4.69, 9.17) is 5.73 Å². The van der Waals surface area contributed by atoms with Gasteiger partial charge in [0.1, 0.15) is 0 Å². The maximum absolute atomic E-state index is 6.42. The van der Waals surface area contributed by atoms with Gasteiger partial charge in [0.2, 0.25) is 0 Å². The maximum atomic E-state index is 6.42. The highest BCUT2D eigenvalue weighted by Gasteiger charge is 2.66. The monoisotopic (exact) mass is 206 g/mol. The number of nitrogens with two attached hydrogens (primary N) is 1. The summed E-state index contributed by atoms with van der Waals surface area (Å²) in [6.45, 7) is 1.23. The van der Waals surface area contributed by atoms with Crippen LogP contribution < -0.4 is 5.73 Å². The summed E-state index contributed by atoms with van der Waals surface area (Å²) in [6.07, 6.45) is 7.93. The molecule has 1 aliphatic heterocycles. The summed E-state index contributed by atoms with van der Waals surface area (Å²) in [5.41, 5.74) is 7.23. The fourth-order valence-corrected chi connectivity index (χ4v) is 5.29. The van der Waals surface area contributed by atoms with Gasteiger partial charge in [0.05, 0.1) is 6.17 Å². The molecule has 4 fully saturated rings. The van der Waals surface area contributed by atoms with Crippen molar-refractivity contribution in [1.82, 2.24) is 4.90 Å². The normalized spacial score (nSPS) is 56.0. The number of hydrogen-bond acceptors (Lipinski definition) is 2. The molecule has 0 aromatic heterocycles. The first-order chi connectivity index (χ1) is 7.21. The highest BCUT2D eigenvalue weighted by Crippen LogP contribution is 2.72. The van der Waals surface area contributed by atoms with E-state index in [9.17, 15) is 0 Å². The standard InChI is InChI=1S/C13H22N2/c1-15-5-2-9-8-6-10(11(9)12(15)14)13(7-8)3-4-13/h8-12H,2-7,14H2,1H3. The molecule has 0 aromatic rings. The largest absolute Gasteiger partial charge is 0.315 e. The van der Waals surface area contributed by atoms with Gasteiger partial charge in [-0.25, -0.2) is 0 Å². The molecule has 2 heteroatoms. The Morgan fingerprint density at radius 2 is 2.13 bits per heavy atom. The van der Waals surface area contributed by atoms with Crippen LogP contribution in [0.4, 0.5) is 0 Å². The Morgan fingerprint density at radius 3 is 2.87 bits per heavy atom. The summed E-state index contributed by atoms with van der Waals surface area (Å²) < 4.78 is 0. The molecule has 84 valence electrons. The number of fused-ring (bicyclic) bond motifs is 6. The minimum atomic E-state index is 0.372. The number of hydrogen-bond donors (Lipinski definition) is 1. The van der Waals surface area contributed by atoms with Crippen molar-refractivity contribution in [3.63, 3.8) is 0 Å². The molecule has 5 unspecified atom stereocenters. The quantitative estimate of drug-likeness (QED) is 0.653. The van der Waals surface area contributed by atoms with Crippen LogP contribution in [-0.2, 0) is 0 Å². The van der Waals surface area contributed by atoms with Crippen LogP contribution in [0.5, 0.6) is 0 Å². The SMILES string of the molecule is CN1CCC2C3CC(C2C1N)C1(CC1)C3. The molecule has 3 aliphatic carbocycles. The van der Waals surface area contributed by atoms with E-state index in [0.717, 1.165) is 29.1 Å². The fourth-order valence-electron chi connectivity index (χ4n) is 5.29. The smallest absolute Gasteiger partial charge is 0.0603 e. The van der Waals surface area contributed by atoms with Gasteiger partial charge < -0.3 is 5.73 Å². The molecule has 3 saturated carbocycles. The lowest BCUT2D eigenvalue weighted by molar-refractivity contribution is 0.00972. The summed E-state index contributed by atoms with van der Waals surface area (Å²) in [5.74, 6) is 3.91. The first-order valence-corrected chi connectivity index (χ1v) is 6.67. The van der Waals surface area contributed by atoms with Crippen LogP contribution >= 0.6 is 0 Å². The second-order valence-electron chi connectivity index (χ2n) is 6.67. The molecule has 1 heterocycles.